The fourth-order valence-electron chi connectivity index (χ4n) is 3.33. The second kappa shape index (κ2) is 7.08. The zero-order valence-corrected chi connectivity index (χ0v) is 15.1. The highest BCUT2D eigenvalue weighted by atomic mass is 32.2. The standard InChI is InChI=1S/C20H24O3S/c1-15-7-11-17(12-8-15)19-5-3-4-6-20(19)23-24(21,22)18-13-9-16(2)10-14-18/h7-14,19-20H,3-6H2,1-2H3/t19-,20+/m0/s1. The number of hydrogen-bond donors (Lipinski definition) is 0. The maximum atomic E-state index is 12.6. The number of rotatable bonds is 4. The Morgan fingerprint density at radius 3 is 2.00 bits per heavy atom. The minimum absolute atomic E-state index is 0.138. The van der Waals surface area contributed by atoms with Gasteiger partial charge in [0.1, 0.15) is 0 Å². The van der Waals surface area contributed by atoms with Crippen LogP contribution in [0.15, 0.2) is 53.4 Å². The molecule has 0 radical (unpaired) electrons. The molecule has 3 nitrogen and oxygen atoms in total. The summed E-state index contributed by atoms with van der Waals surface area (Å²) < 4.78 is 30.9. The van der Waals surface area contributed by atoms with Gasteiger partial charge >= 0.3 is 0 Å². The highest BCUT2D eigenvalue weighted by molar-refractivity contribution is 7.86. The molecule has 128 valence electrons. The fraction of sp³-hybridized carbons (Fsp3) is 0.400. The number of aryl methyl sites for hydroxylation is 2. The lowest BCUT2D eigenvalue weighted by molar-refractivity contribution is 0.137. The van der Waals surface area contributed by atoms with E-state index in [1.807, 2.05) is 6.92 Å². The molecule has 0 amide bonds. The third kappa shape index (κ3) is 3.87. The molecule has 0 saturated heterocycles. The average Bonchev–Trinajstić information content (AvgIpc) is 2.56. The van der Waals surface area contributed by atoms with E-state index in [1.165, 1.54) is 11.1 Å². The first kappa shape index (κ1) is 17.2. The van der Waals surface area contributed by atoms with Crippen LogP contribution in [0, 0.1) is 13.8 Å². The van der Waals surface area contributed by atoms with Crippen LogP contribution < -0.4 is 0 Å². The smallest absolute Gasteiger partial charge is 0.262 e. The molecule has 3 rings (SSSR count). The summed E-state index contributed by atoms with van der Waals surface area (Å²) >= 11 is 0. The van der Waals surface area contributed by atoms with Crippen LogP contribution in [0.1, 0.15) is 48.3 Å². The largest absolute Gasteiger partial charge is 0.297 e. The lowest BCUT2D eigenvalue weighted by atomic mass is 9.81. The van der Waals surface area contributed by atoms with Crippen LogP contribution in [-0.2, 0) is 14.3 Å². The van der Waals surface area contributed by atoms with Gasteiger partial charge in [-0.25, -0.2) is 0 Å². The van der Waals surface area contributed by atoms with Gasteiger partial charge in [-0.2, -0.15) is 8.42 Å². The average molecular weight is 344 g/mol. The second-order valence-corrected chi connectivity index (χ2v) is 8.28. The van der Waals surface area contributed by atoms with Gasteiger partial charge in [0.25, 0.3) is 10.1 Å². The summed E-state index contributed by atoms with van der Waals surface area (Å²) in [5.41, 5.74) is 3.41. The monoisotopic (exact) mass is 344 g/mol. The minimum atomic E-state index is -3.73. The van der Waals surface area contributed by atoms with Gasteiger partial charge in [-0.1, -0.05) is 60.4 Å². The number of benzene rings is 2. The van der Waals surface area contributed by atoms with E-state index in [1.54, 1.807) is 24.3 Å². The van der Waals surface area contributed by atoms with Gasteiger partial charge in [0, 0.05) is 5.92 Å². The Balaban J connectivity index is 1.83. The van der Waals surface area contributed by atoms with Gasteiger partial charge in [0.05, 0.1) is 11.0 Å². The topological polar surface area (TPSA) is 43.4 Å². The molecule has 1 fully saturated rings. The SMILES string of the molecule is Cc1ccc([C@@H]2CCCC[C@H]2OS(=O)(=O)c2ccc(C)cc2)cc1. The second-order valence-electron chi connectivity index (χ2n) is 6.70. The van der Waals surface area contributed by atoms with E-state index < -0.39 is 10.1 Å². The van der Waals surface area contributed by atoms with Crippen molar-refractivity contribution >= 4 is 10.1 Å². The molecular formula is C20H24O3S. The van der Waals surface area contributed by atoms with Crippen molar-refractivity contribution < 1.29 is 12.6 Å². The molecule has 0 N–H and O–H groups in total. The van der Waals surface area contributed by atoms with Crippen LogP contribution in [0.25, 0.3) is 0 Å². The first-order valence-electron chi connectivity index (χ1n) is 8.52. The van der Waals surface area contributed by atoms with Crippen molar-refractivity contribution in [2.75, 3.05) is 0 Å². The van der Waals surface area contributed by atoms with Gasteiger partial charge in [-0.05, 0) is 44.4 Å². The molecule has 2 aromatic carbocycles. The maximum Gasteiger partial charge on any atom is 0.297 e. The highest BCUT2D eigenvalue weighted by Gasteiger charge is 2.32. The maximum absolute atomic E-state index is 12.6. The third-order valence-corrected chi connectivity index (χ3v) is 6.12. The first-order chi connectivity index (χ1) is 11.5. The van der Waals surface area contributed by atoms with E-state index in [4.69, 9.17) is 4.18 Å². The van der Waals surface area contributed by atoms with Crippen LogP contribution in [0.3, 0.4) is 0 Å². The highest BCUT2D eigenvalue weighted by Crippen LogP contribution is 2.36. The van der Waals surface area contributed by atoms with E-state index in [0.29, 0.717) is 0 Å². The summed E-state index contributed by atoms with van der Waals surface area (Å²) in [7, 11) is -3.73. The molecule has 0 aromatic heterocycles. The van der Waals surface area contributed by atoms with E-state index in [2.05, 4.69) is 31.2 Å². The van der Waals surface area contributed by atoms with Gasteiger partial charge in [-0.3, -0.25) is 4.18 Å². The van der Waals surface area contributed by atoms with Crippen LogP contribution in [-0.4, -0.2) is 14.5 Å². The Bertz CT molecular complexity index is 777. The normalized spacial score (nSPS) is 21.6. The molecule has 0 heterocycles. The van der Waals surface area contributed by atoms with E-state index in [0.717, 1.165) is 31.2 Å². The molecule has 1 aliphatic rings. The van der Waals surface area contributed by atoms with Crippen LogP contribution in [0.2, 0.25) is 0 Å². The zero-order chi connectivity index (χ0) is 17.2. The first-order valence-corrected chi connectivity index (χ1v) is 9.93. The van der Waals surface area contributed by atoms with E-state index >= 15 is 0 Å². The third-order valence-electron chi connectivity index (χ3n) is 4.77. The van der Waals surface area contributed by atoms with Crippen LogP contribution in [0.4, 0.5) is 0 Å². The van der Waals surface area contributed by atoms with Crippen LogP contribution in [0.5, 0.6) is 0 Å². The van der Waals surface area contributed by atoms with Gasteiger partial charge < -0.3 is 0 Å². The Kier molecular flexibility index (Phi) is 5.07. The molecule has 24 heavy (non-hydrogen) atoms. The van der Waals surface area contributed by atoms with E-state index in [9.17, 15) is 8.42 Å². The van der Waals surface area contributed by atoms with Crippen molar-refractivity contribution in [3.63, 3.8) is 0 Å². The molecular weight excluding hydrogens is 320 g/mol. The fourth-order valence-corrected chi connectivity index (χ4v) is 4.47. The molecule has 1 saturated carbocycles. The van der Waals surface area contributed by atoms with Gasteiger partial charge in [0.15, 0.2) is 0 Å². The molecule has 2 aromatic rings. The summed E-state index contributed by atoms with van der Waals surface area (Å²) in [5.74, 6) is 0.138. The Morgan fingerprint density at radius 2 is 1.38 bits per heavy atom. The summed E-state index contributed by atoms with van der Waals surface area (Å²) in [4.78, 5) is 0.237. The molecule has 1 aliphatic carbocycles. The molecule has 2 atom stereocenters. The summed E-state index contributed by atoms with van der Waals surface area (Å²) in [6.45, 7) is 3.99. The lowest BCUT2D eigenvalue weighted by Crippen LogP contribution is -2.28. The Morgan fingerprint density at radius 1 is 0.833 bits per heavy atom. The Labute approximate surface area is 144 Å². The van der Waals surface area contributed by atoms with Crippen molar-refractivity contribution in [3.8, 4) is 0 Å². The Hall–Kier alpha value is -1.65. The lowest BCUT2D eigenvalue weighted by Gasteiger charge is -2.31. The molecule has 0 unspecified atom stereocenters. The van der Waals surface area contributed by atoms with Gasteiger partial charge in [0.2, 0.25) is 0 Å². The molecule has 0 bridgehead atoms. The van der Waals surface area contributed by atoms with E-state index in [-0.39, 0.29) is 16.9 Å². The quantitative estimate of drug-likeness (QED) is 0.753. The molecule has 0 spiro atoms. The van der Waals surface area contributed by atoms with Crippen LogP contribution >= 0.6 is 0 Å². The minimum Gasteiger partial charge on any atom is -0.262 e. The van der Waals surface area contributed by atoms with Crippen molar-refractivity contribution in [1.82, 2.24) is 0 Å². The summed E-state index contributed by atoms with van der Waals surface area (Å²) in [6, 6.07) is 15.2. The predicted octanol–water partition coefficient (Wildman–Crippen LogP) is 4.74. The van der Waals surface area contributed by atoms with Crippen molar-refractivity contribution in [1.29, 1.82) is 0 Å². The predicted molar refractivity (Wildman–Crippen MR) is 95.6 cm³/mol. The zero-order valence-electron chi connectivity index (χ0n) is 14.2. The van der Waals surface area contributed by atoms with Gasteiger partial charge in [-0.15, -0.1) is 0 Å². The summed E-state index contributed by atoms with van der Waals surface area (Å²) in [6.07, 6.45) is 3.59. The van der Waals surface area contributed by atoms with Crippen molar-refractivity contribution in [2.45, 2.75) is 56.4 Å². The van der Waals surface area contributed by atoms with Crippen molar-refractivity contribution in [2.24, 2.45) is 0 Å². The molecule has 4 heteroatoms. The summed E-state index contributed by atoms with van der Waals surface area (Å²) in [5, 5.41) is 0. The number of hydrogen-bond acceptors (Lipinski definition) is 3. The van der Waals surface area contributed by atoms with Crippen molar-refractivity contribution in [3.05, 3.63) is 65.2 Å². The molecule has 0 aliphatic heterocycles.